The molecule has 0 aliphatic heterocycles. The van der Waals surface area contributed by atoms with Crippen molar-refractivity contribution in [1.82, 2.24) is 10.2 Å². The molecule has 0 spiro atoms. The number of benzene rings is 1. The number of anilines is 1. The number of carbonyl (C=O) groups is 1. The molecule has 15 heavy (non-hydrogen) atoms. The van der Waals surface area contributed by atoms with Crippen LogP contribution in [0.3, 0.4) is 0 Å². The predicted octanol–water partition coefficient (Wildman–Crippen LogP) is 1.97. The number of rotatable bonds is 2. The van der Waals surface area contributed by atoms with Crippen LogP contribution in [0.25, 0.3) is 0 Å². The van der Waals surface area contributed by atoms with Gasteiger partial charge < -0.3 is 5.32 Å². The molecule has 0 saturated heterocycles. The van der Waals surface area contributed by atoms with Crippen molar-refractivity contribution in [2.75, 3.05) is 5.32 Å². The van der Waals surface area contributed by atoms with Crippen molar-refractivity contribution >= 4 is 11.6 Å². The van der Waals surface area contributed by atoms with Crippen LogP contribution in [0.2, 0.25) is 0 Å². The van der Waals surface area contributed by atoms with E-state index in [1.165, 1.54) is 0 Å². The van der Waals surface area contributed by atoms with Gasteiger partial charge in [0.2, 0.25) is 0 Å². The van der Waals surface area contributed by atoms with Gasteiger partial charge in [-0.1, -0.05) is 17.7 Å². The van der Waals surface area contributed by atoms with Crippen LogP contribution in [0.15, 0.2) is 36.7 Å². The first-order valence-corrected chi connectivity index (χ1v) is 4.62. The fourth-order valence-corrected chi connectivity index (χ4v) is 1.31. The quantitative estimate of drug-likeness (QED) is 0.780. The molecule has 4 nitrogen and oxygen atoms in total. The lowest BCUT2D eigenvalue weighted by Gasteiger charge is -2.02. The normalized spacial score (nSPS) is 9.93. The van der Waals surface area contributed by atoms with Gasteiger partial charge in [-0.3, -0.25) is 9.89 Å². The van der Waals surface area contributed by atoms with Crippen LogP contribution in [0.4, 0.5) is 5.69 Å². The third kappa shape index (κ3) is 2.22. The summed E-state index contributed by atoms with van der Waals surface area (Å²) in [6, 6.07) is 7.44. The second kappa shape index (κ2) is 3.96. The molecule has 0 aliphatic carbocycles. The number of H-pyrrole nitrogens is 1. The van der Waals surface area contributed by atoms with Crippen molar-refractivity contribution in [2.45, 2.75) is 6.92 Å². The van der Waals surface area contributed by atoms with Crippen LogP contribution in [-0.4, -0.2) is 16.1 Å². The molecule has 1 heterocycles. The molecule has 0 radical (unpaired) electrons. The van der Waals surface area contributed by atoms with Crippen molar-refractivity contribution in [3.8, 4) is 0 Å². The number of hydrogen-bond acceptors (Lipinski definition) is 2. The number of carbonyl (C=O) groups excluding carboxylic acids is 1. The number of aromatic nitrogens is 2. The summed E-state index contributed by atoms with van der Waals surface area (Å²) < 4.78 is 0. The van der Waals surface area contributed by atoms with Gasteiger partial charge in [-0.25, -0.2) is 0 Å². The van der Waals surface area contributed by atoms with E-state index < -0.39 is 0 Å². The topological polar surface area (TPSA) is 57.8 Å². The zero-order valence-electron chi connectivity index (χ0n) is 8.32. The zero-order valence-corrected chi connectivity index (χ0v) is 8.32. The van der Waals surface area contributed by atoms with Crippen LogP contribution in [0.1, 0.15) is 15.9 Å². The Labute approximate surface area is 87.3 Å². The highest BCUT2D eigenvalue weighted by Gasteiger charge is 2.05. The highest BCUT2D eigenvalue weighted by atomic mass is 16.1. The molecular weight excluding hydrogens is 190 g/mol. The minimum absolute atomic E-state index is 0.125. The minimum Gasteiger partial charge on any atom is -0.319 e. The van der Waals surface area contributed by atoms with E-state index in [4.69, 9.17) is 0 Å². The second-order valence-corrected chi connectivity index (χ2v) is 3.31. The van der Waals surface area contributed by atoms with Gasteiger partial charge in [0.1, 0.15) is 0 Å². The SMILES string of the molecule is Cc1cccc(C(=O)Nc2cn[nH]c2)c1. The minimum atomic E-state index is -0.125. The highest BCUT2D eigenvalue weighted by molar-refractivity contribution is 6.04. The molecule has 4 heteroatoms. The third-order valence-electron chi connectivity index (χ3n) is 2.04. The van der Waals surface area contributed by atoms with Crippen LogP contribution < -0.4 is 5.32 Å². The lowest BCUT2D eigenvalue weighted by molar-refractivity contribution is 0.102. The van der Waals surface area contributed by atoms with Crippen LogP contribution in [0, 0.1) is 6.92 Å². The Bertz CT molecular complexity index is 462. The molecule has 2 aromatic rings. The van der Waals surface area contributed by atoms with E-state index in [0.717, 1.165) is 5.56 Å². The predicted molar refractivity (Wildman–Crippen MR) is 57.7 cm³/mol. The molecule has 0 fully saturated rings. The van der Waals surface area contributed by atoms with Crippen molar-refractivity contribution in [1.29, 1.82) is 0 Å². The van der Waals surface area contributed by atoms with E-state index in [0.29, 0.717) is 11.3 Å². The Balaban J connectivity index is 2.15. The van der Waals surface area contributed by atoms with Gasteiger partial charge in [-0.15, -0.1) is 0 Å². The molecule has 0 bridgehead atoms. The lowest BCUT2D eigenvalue weighted by Crippen LogP contribution is -2.11. The van der Waals surface area contributed by atoms with Gasteiger partial charge in [-0.2, -0.15) is 5.10 Å². The molecule has 1 amide bonds. The van der Waals surface area contributed by atoms with Gasteiger partial charge >= 0.3 is 0 Å². The van der Waals surface area contributed by atoms with Crippen molar-refractivity contribution in [2.24, 2.45) is 0 Å². The van der Waals surface area contributed by atoms with E-state index in [1.54, 1.807) is 18.5 Å². The summed E-state index contributed by atoms with van der Waals surface area (Å²) in [6.07, 6.45) is 3.20. The van der Waals surface area contributed by atoms with Crippen LogP contribution in [-0.2, 0) is 0 Å². The number of nitrogens with zero attached hydrogens (tertiary/aromatic N) is 1. The van der Waals surface area contributed by atoms with Gasteiger partial charge in [0.15, 0.2) is 0 Å². The van der Waals surface area contributed by atoms with E-state index in [9.17, 15) is 4.79 Å². The molecule has 1 aromatic heterocycles. The van der Waals surface area contributed by atoms with Gasteiger partial charge in [0.25, 0.3) is 5.91 Å². The van der Waals surface area contributed by atoms with E-state index in [-0.39, 0.29) is 5.91 Å². The smallest absolute Gasteiger partial charge is 0.255 e. The van der Waals surface area contributed by atoms with Gasteiger partial charge in [-0.05, 0) is 19.1 Å². The number of hydrogen-bond donors (Lipinski definition) is 2. The molecule has 0 unspecified atom stereocenters. The maximum Gasteiger partial charge on any atom is 0.255 e. The molecule has 1 aromatic carbocycles. The molecule has 76 valence electrons. The van der Waals surface area contributed by atoms with Crippen LogP contribution in [0.5, 0.6) is 0 Å². The molecule has 0 atom stereocenters. The fraction of sp³-hybridized carbons (Fsp3) is 0.0909. The summed E-state index contributed by atoms with van der Waals surface area (Å²) in [5, 5.41) is 9.11. The van der Waals surface area contributed by atoms with Gasteiger partial charge in [0, 0.05) is 11.8 Å². The Kier molecular flexibility index (Phi) is 2.49. The maximum absolute atomic E-state index is 11.7. The summed E-state index contributed by atoms with van der Waals surface area (Å²) in [4.78, 5) is 11.7. The van der Waals surface area contributed by atoms with Crippen molar-refractivity contribution < 1.29 is 4.79 Å². The van der Waals surface area contributed by atoms with Gasteiger partial charge in [0.05, 0.1) is 11.9 Å². The van der Waals surface area contributed by atoms with E-state index in [1.807, 2.05) is 25.1 Å². The highest BCUT2D eigenvalue weighted by Crippen LogP contribution is 2.08. The molecule has 2 rings (SSSR count). The monoisotopic (exact) mass is 201 g/mol. The number of amides is 1. The van der Waals surface area contributed by atoms with Crippen molar-refractivity contribution in [3.63, 3.8) is 0 Å². The molecule has 0 saturated carbocycles. The standard InChI is InChI=1S/C11H11N3O/c1-8-3-2-4-9(5-8)11(15)14-10-6-12-13-7-10/h2-7H,1H3,(H,12,13)(H,14,15). The first-order chi connectivity index (χ1) is 7.25. The Morgan fingerprint density at radius 2 is 2.33 bits per heavy atom. The summed E-state index contributed by atoms with van der Waals surface area (Å²) in [5.74, 6) is -0.125. The Morgan fingerprint density at radius 3 is 3.00 bits per heavy atom. The summed E-state index contributed by atoms with van der Waals surface area (Å²) in [7, 11) is 0. The maximum atomic E-state index is 11.7. The number of aryl methyl sites for hydroxylation is 1. The summed E-state index contributed by atoms with van der Waals surface area (Å²) in [5.41, 5.74) is 2.38. The first-order valence-electron chi connectivity index (χ1n) is 4.62. The Morgan fingerprint density at radius 1 is 1.47 bits per heavy atom. The lowest BCUT2D eigenvalue weighted by atomic mass is 10.1. The molecule has 0 aliphatic rings. The summed E-state index contributed by atoms with van der Waals surface area (Å²) >= 11 is 0. The first kappa shape index (κ1) is 9.45. The van der Waals surface area contributed by atoms with E-state index in [2.05, 4.69) is 15.5 Å². The average molecular weight is 201 g/mol. The third-order valence-corrected chi connectivity index (χ3v) is 2.04. The van der Waals surface area contributed by atoms with Crippen LogP contribution >= 0.6 is 0 Å². The zero-order chi connectivity index (χ0) is 10.7. The number of nitrogens with one attached hydrogen (secondary N) is 2. The Hall–Kier alpha value is -2.10. The summed E-state index contributed by atoms with van der Waals surface area (Å²) in [6.45, 7) is 1.95. The second-order valence-electron chi connectivity index (χ2n) is 3.31. The molecular formula is C11H11N3O. The largest absolute Gasteiger partial charge is 0.319 e. The fourth-order valence-electron chi connectivity index (χ4n) is 1.31. The number of aromatic amines is 1. The van der Waals surface area contributed by atoms with E-state index >= 15 is 0 Å². The molecule has 2 N–H and O–H groups in total. The van der Waals surface area contributed by atoms with Crippen molar-refractivity contribution in [3.05, 3.63) is 47.8 Å². The average Bonchev–Trinajstić information content (AvgIpc) is 2.70.